The molecule has 2 unspecified atom stereocenters. The maximum absolute atomic E-state index is 11.1. The van der Waals surface area contributed by atoms with Crippen molar-refractivity contribution in [2.24, 2.45) is 0 Å². The Bertz CT molecular complexity index is 607. The lowest BCUT2D eigenvalue weighted by atomic mass is 10.3. The molecule has 0 aliphatic carbocycles. The molecule has 0 spiro atoms. The van der Waals surface area contributed by atoms with E-state index in [2.05, 4.69) is 4.98 Å². The number of aliphatic hydroxyl groups excluding tert-OH is 1. The number of anilines is 1. The molecular weight excluding hydrogens is 262 g/mol. The maximum atomic E-state index is 11.1. The second kappa shape index (κ2) is 5.71. The van der Waals surface area contributed by atoms with E-state index in [9.17, 15) is 9.32 Å². The number of benzene rings is 1. The fourth-order valence-corrected chi connectivity index (χ4v) is 2.68. The molecule has 1 heterocycles. The van der Waals surface area contributed by atoms with Crippen LogP contribution in [0.3, 0.4) is 0 Å². The van der Waals surface area contributed by atoms with Crippen molar-refractivity contribution in [3.63, 3.8) is 0 Å². The summed E-state index contributed by atoms with van der Waals surface area (Å²) in [6.07, 6.45) is 1.85. The molecule has 0 saturated heterocycles. The van der Waals surface area contributed by atoms with Crippen molar-refractivity contribution in [2.75, 3.05) is 17.7 Å². The third-order valence-electron chi connectivity index (χ3n) is 2.99. The van der Waals surface area contributed by atoms with Crippen LogP contribution in [0.1, 0.15) is 25.3 Å². The molecule has 0 amide bonds. The van der Waals surface area contributed by atoms with Crippen molar-refractivity contribution in [1.29, 1.82) is 0 Å². The van der Waals surface area contributed by atoms with Gasteiger partial charge in [0, 0.05) is 35.0 Å². The molecule has 0 radical (unpaired) electrons. The van der Waals surface area contributed by atoms with Crippen LogP contribution in [-0.2, 0) is 17.3 Å². The van der Waals surface area contributed by atoms with Crippen LogP contribution < -0.4 is 5.73 Å². The molecule has 1 aromatic heterocycles. The minimum Gasteiger partial charge on any atom is -0.399 e. The molecule has 0 aliphatic heterocycles. The van der Waals surface area contributed by atoms with Gasteiger partial charge in [0.05, 0.1) is 11.0 Å². The average molecular weight is 281 g/mol. The number of fused-ring (bicyclic) bond motifs is 1. The molecule has 2 aromatic rings. The summed E-state index contributed by atoms with van der Waals surface area (Å²) in [6, 6.07) is 5.53. The first-order chi connectivity index (χ1) is 8.99. The first-order valence-electron chi connectivity index (χ1n) is 6.23. The zero-order valence-corrected chi connectivity index (χ0v) is 12.0. The van der Waals surface area contributed by atoms with Crippen LogP contribution in [0.4, 0.5) is 5.69 Å². The van der Waals surface area contributed by atoms with Crippen LogP contribution in [0.2, 0.25) is 0 Å². The van der Waals surface area contributed by atoms with Crippen molar-refractivity contribution in [1.82, 2.24) is 9.55 Å². The molecule has 3 N–H and O–H groups in total. The summed E-state index contributed by atoms with van der Waals surface area (Å²) in [4.78, 5) is 4.43. The van der Waals surface area contributed by atoms with Gasteiger partial charge < -0.3 is 15.4 Å². The summed E-state index contributed by atoms with van der Waals surface area (Å²) in [6.45, 7) is 2.39. The van der Waals surface area contributed by atoms with Gasteiger partial charge in [-0.2, -0.15) is 0 Å². The van der Waals surface area contributed by atoms with Gasteiger partial charge in [0.15, 0.2) is 0 Å². The summed E-state index contributed by atoms with van der Waals surface area (Å²) in [5.41, 5.74) is 8.14. The zero-order chi connectivity index (χ0) is 14.0. The van der Waals surface area contributed by atoms with Crippen molar-refractivity contribution < 1.29 is 9.32 Å². The van der Waals surface area contributed by atoms with E-state index in [4.69, 9.17) is 5.73 Å². The lowest BCUT2D eigenvalue weighted by molar-refractivity contribution is 0.184. The first kappa shape index (κ1) is 14.0. The Morgan fingerprint density at radius 1 is 1.53 bits per heavy atom. The Kier molecular flexibility index (Phi) is 4.21. The van der Waals surface area contributed by atoms with E-state index in [-0.39, 0.29) is 0 Å². The van der Waals surface area contributed by atoms with Gasteiger partial charge in [0.2, 0.25) is 0 Å². The first-order valence-corrected chi connectivity index (χ1v) is 7.95. The number of nitrogen functional groups attached to an aromatic ring is 1. The summed E-state index contributed by atoms with van der Waals surface area (Å²) < 4.78 is 13.1. The number of hydrogen-bond acceptors (Lipinski definition) is 4. The number of hydrogen-bond donors (Lipinski definition) is 2. The second-order valence-electron chi connectivity index (χ2n) is 4.68. The van der Waals surface area contributed by atoms with E-state index in [1.807, 2.05) is 16.7 Å². The Morgan fingerprint density at radius 2 is 2.26 bits per heavy atom. The number of aliphatic hydroxyl groups is 1. The van der Waals surface area contributed by atoms with Gasteiger partial charge in [0.25, 0.3) is 0 Å². The van der Waals surface area contributed by atoms with Crippen LogP contribution in [0.15, 0.2) is 18.2 Å². The summed E-state index contributed by atoms with van der Waals surface area (Å²) in [7, 11) is -0.798. The summed E-state index contributed by atoms with van der Waals surface area (Å²) in [5, 5.41) is 9.81. The molecule has 6 heteroatoms. The van der Waals surface area contributed by atoms with Crippen LogP contribution in [0.5, 0.6) is 0 Å². The SMILES string of the molecule is CC(O)c1nc2cc(N)ccc2n1CCCS(C)=O. The predicted molar refractivity (Wildman–Crippen MR) is 78.3 cm³/mol. The predicted octanol–water partition coefficient (Wildman–Crippen LogP) is 1.44. The molecule has 0 aliphatic rings. The fourth-order valence-electron chi connectivity index (χ4n) is 2.15. The van der Waals surface area contributed by atoms with Gasteiger partial charge >= 0.3 is 0 Å². The smallest absolute Gasteiger partial charge is 0.138 e. The van der Waals surface area contributed by atoms with Gasteiger partial charge in [-0.05, 0) is 31.5 Å². The van der Waals surface area contributed by atoms with E-state index in [1.165, 1.54) is 0 Å². The molecule has 19 heavy (non-hydrogen) atoms. The lowest BCUT2D eigenvalue weighted by Crippen LogP contribution is -2.09. The van der Waals surface area contributed by atoms with E-state index < -0.39 is 16.9 Å². The fraction of sp³-hybridized carbons (Fsp3) is 0.462. The van der Waals surface area contributed by atoms with Gasteiger partial charge in [-0.25, -0.2) is 4.98 Å². The van der Waals surface area contributed by atoms with Crippen LogP contribution >= 0.6 is 0 Å². The van der Waals surface area contributed by atoms with Crippen LogP contribution in [0, 0.1) is 0 Å². The monoisotopic (exact) mass is 281 g/mol. The van der Waals surface area contributed by atoms with Crippen molar-refractivity contribution >= 4 is 27.5 Å². The normalized spacial score (nSPS) is 14.7. The molecule has 0 fully saturated rings. The van der Waals surface area contributed by atoms with Crippen molar-refractivity contribution in [3.05, 3.63) is 24.0 Å². The highest BCUT2D eigenvalue weighted by Crippen LogP contribution is 2.23. The Hall–Kier alpha value is -1.40. The van der Waals surface area contributed by atoms with Crippen molar-refractivity contribution in [3.8, 4) is 0 Å². The van der Waals surface area contributed by atoms with E-state index in [1.54, 1.807) is 19.2 Å². The number of nitrogens with two attached hydrogens (primary N) is 1. The Balaban J connectivity index is 2.37. The van der Waals surface area contributed by atoms with E-state index >= 15 is 0 Å². The number of nitrogens with zero attached hydrogens (tertiary/aromatic N) is 2. The minimum atomic E-state index is -0.798. The van der Waals surface area contributed by atoms with Gasteiger partial charge in [-0.3, -0.25) is 4.21 Å². The number of aromatic nitrogens is 2. The molecule has 104 valence electrons. The van der Waals surface area contributed by atoms with Crippen molar-refractivity contribution in [2.45, 2.75) is 26.0 Å². The topological polar surface area (TPSA) is 81.1 Å². The van der Waals surface area contributed by atoms with Crippen LogP contribution in [-0.4, -0.2) is 30.9 Å². The molecule has 0 bridgehead atoms. The standard InChI is InChI=1S/C13H19N3O2S/c1-9(17)13-15-11-8-10(14)4-5-12(11)16(13)6-3-7-19(2)18/h4-5,8-9,17H,3,6-7,14H2,1-2H3. The largest absolute Gasteiger partial charge is 0.399 e. The van der Waals surface area contributed by atoms with E-state index in [0.717, 1.165) is 17.5 Å². The van der Waals surface area contributed by atoms with Gasteiger partial charge in [-0.1, -0.05) is 0 Å². The molecule has 2 atom stereocenters. The average Bonchev–Trinajstić information content (AvgIpc) is 2.67. The third kappa shape index (κ3) is 3.13. The second-order valence-corrected chi connectivity index (χ2v) is 6.23. The third-order valence-corrected chi connectivity index (χ3v) is 3.85. The molecule has 1 aromatic carbocycles. The maximum Gasteiger partial charge on any atom is 0.138 e. The van der Waals surface area contributed by atoms with Crippen LogP contribution in [0.25, 0.3) is 11.0 Å². The number of aryl methyl sites for hydroxylation is 1. The van der Waals surface area contributed by atoms with Gasteiger partial charge in [0.1, 0.15) is 11.9 Å². The Labute approximate surface area is 114 Å². The minimum absolute atomic E-state index is 0.627. The molecular formula is C13H19N3O2S. The molecule has 5 nitrogen and oxygen atoms in total. The highest BCUT2D eigenvalue weighted by Gasteiger charge is 2.14. The molecule has 2 rings (SSSR count). The van der Waals surface area contributed by atoms with E-state index in [0.29, 0.717) is 23.8 Å². The highest BCUT2D eigenvalue weighted by molar-refractivity contribution is 7.84. The highest BCUT2D eigenvalue weighted by atomic mass is 32.2. The summed E-state index contributed by atoms with van der Waals surface area (Å²) >= 11 is 0. The quantitative estimate of drug-likeness (QED) is 0.813. The molecule has 0 saturated carbocycles. The number of rotatable bonds is 5. The number of imidazole rings is 1. The zero-order valence-electron chi connectivity index (χ0n) is 11.2. The Morgan fingerprint density at radius 3 is 2.89 bits per heavy atom. The van der Waals surface area contributed by atoms with Gasteiger partial charge in [-0.15, -0.1) is 0 Å². The summed E-state index contributed by atoms with van der Waals surface area (Å²) in [5.74, 6) is 1.27. The lowest BCUT2D eigenvalue weighted by Gasteiger charge is -2.10.